The molecule has 4 rings (SSSR count). The molecule has 2 heterocycles. The van der Waals surface area contributed by atoms with Crippen LogP contribution in [0.5, 0.6) is 5.75 Å². The molecule has 2 aliphatic rings. The van der Waals surface area contributed by atoms with Gasteiger partial charge in [0.1, 0.15) is 12.4 Å². The molecule has 0 aromatic heterocycles. The zero-order valence-corrected chi connectivity index (χ0v) is 26.0. The topological polar surface area (TPSA) is 79.4 Å². The number of nitrogens with zero attached hydrogens (tertiary/aromatic N) is 3. The first-order valence-corrected chi connectivity index (χ1v) is 15.3. The molecule has 0 saturated carbocycles. The Bertz CT molecular complexity index is 1220. The van der Waals surface area contributed by atoms with Crippen LogP contribution < -0.4 is 4.74 Å². The number of methoxy groups -OCH3 is 1. The number of ether oxygens (including phenoxy) is 2. The van der Waals surface area contributed by atoms with E-state index in [4.69, 9.17) is 9.47 Å². The van der Waals surface area contributed by atoms with E-state index < -0.39 is 10.0 Å². The standard InChI is InChI=1S/C30H43N3O5S.ClH/c1-23-19-27(37-5)20-24(2)29(23)39(35,36)33-16-10-9-13-26(33)21-38-22-28(34)32-17-14-30(15-18-32,31(3)4)25-11-7-6-8-12-25;/h6-8,11-12,19-20,26H,9-10,13-18,21-22H2,1-5H3;1H. The summed E-state index contributed by atoms with van der Waals surface area (Å²) in [5.41, 5.74) is 2.52. The van der Waals surface area contributed by atoms with E-state index in [0.717, 1.165) is 25.7 Å². The Morgan fingerprint density at radius 2 is 1.65 bits per heavy atom. The molecule has 2 aliphatic heterocycles. The number of carbonyl (C=O) groups is 1. The van der Waals surface area contributed by atoms with Crippen molar-refractivity contribution >= 4 is 28.3 Å². The van der Waals surface area contributed by atoms with Crippen molar-refractivity contribution < 1.29 is 22.7 Å². The van der Waals surface area contributed by atoms with Crippen molar-refractivity contribution in [3.8, 4) is 5.75 Å². The fraction of sp³-hybridized carbons (Fsp3) is 0.567. The van der Waals surface area contributed by atoms with Crippen LogP contribution in [0.2, 0.25) is 0 Å². The second-order valence-corrected chi connectivity index (χ2v) is 12.9. The molecule has 0 bridgehead atoms. The molecular weight excluding hydrogens is 550 g/mol. The van der Waals surface area contributed by atoms with Crippen LogP contribution in [0.3, 0.4) is 0 Å². The summed E-state index contributed by atoms with van der Waals surface area (Å²) < 4.78 is 40.3. The van der Waals surface area contributed by atoms with Gasteiger partial charge in [-0.25, -0.2) is 8.42 Å². The van der Waals surface area contributed by atoms with Crippen LogP contribution in [0.25, 0.3) is 0 Å². The number of amides is 1. The van der Waals surface area contributed by atoms with Crippen LogP contribution in [-0.2, 0) is 25.1 Å². The van der Waals surface area contributed by atoms with Crippen LogP contribution >= 0.6 is 12.4 Å². The Balaban J connectivity index is 0.00000441. The van der Waals surface area contributed by atoms with Gasteiger partial charge in [-0.05, 0) is 82.4 Å². The molecule has 2 fully saturated rings. The minimum Gasteiger partial charge on any atom is -0.497 e. The normalized spacial score (nSPS) is 19.8. The molecule has 40 heavy (non-hydrogen) atoms. The van der Waals surface area contributed by atoms with Crippen molar-refractivity contribution in [2.75, 3.05) is 54.1 Å². The van der Waals surface area contributed by atoms with Crippen molar-refractivity contribution in [2.24, 2.45) is 0 Å². The zero-order valence-electron chi connectivity index (χ0n) is 24.4. The highest BCUT2D eigenvalue weighted by atomic mass is 35.5. The van der Waals surface area contributed by atoms with Gasteiger partial charge in [0.15, 0.2) is 0 Å². The maximum Gasteiger partial charge on any atom is 0.248 e. The first-order valence-electron chi connectivity index (χ1n) is 13.9. The van der Waals surface area contributed by atoms with Crippen LogP contribution in [0.15, 0.2) is 47.4 Å². The number of hydrogen-bond donors (Lipinski definition) is 0. The Morgan fingerprint density at radius 1 is 1.02 bits per heavy atom. The number of benzene rings is 2. The molecule has 1 unspecified atom stereocenters. The van der Waals surface area contributed by atoms with E-state index >= 15 is 0 Å². The molecule has 0 spiro atoms. The summed E-state index contributed by atoms with van der Waals surface area (Å²) in [6, 6.07) is 13.7. The molecule has 0 N–H and O–H groups in total. The van der Waals surface area contributed by atoms with E-state index in [9.17, 15) is 13.2 Å². The smallest absolute Gasteiger partial charge is 0.248 e. The highest BCUT2D eigenvalue weighted by Crippen LogP contribution is 2.37. The lowest BCUT2D eigenvalue weighted by atomic mass is 9.80. The molecule has 2 aromatic rings. The van der Waals surface area contributed by atoms with Crippen molar-refractivity contribution in [3.63, 3.8) is 0 Å². The van der Waals surface area contributed by atoms with Crippen molar-refractivity contribution in [3.05, 3.63) is 59.2 Å². The zero-order chi connectivity index (χ0) is 28.2. The average Bonchev–Trinajstić information content (AvgIpc) is 2.93. The fourth-order valence-electron chi connectivity index (χ4n) is 6.25. The number of likely N-dealkylation sites (tertiary alicyclic amines) is 1. The Morgan fingerprint density at radius 3 is 2.23 bits per heavy atom. The number of rotatable bonds is 9. The molecule has 2 aromatic carbocycles. The average molecular weight is 594 g/mol. The summed E-state index contributed by atoms with van der Waals surface area (Å²) in [5.74, 6) is 0.604. The predicted octanol–water partition coefficient (Wildman–Crippen LogP) is 4.37. The van der Waals surface area contributed by atoms with Gasteiger partial charge in [0.05, 0.1) is 18.6 Å². The number of sulfonamides is 1. The summed E-state index contributed by atoms with van der Waals surface area (Å²) in [6.45, 7) is 5.55. The third kappa shape index (κ3) is 6.65. The number of hydrogen-bond acceptors (Lipinski definition) is 6. The maximum atomic E-state index is 13.8. The highest BCUT2D eigenvalue weighted by Gasteiger charge is 2.39. The van der Waals surface area contributed by atoms with Crippen LogP contribution in [0, 0.1) is 13.8 Å². The Labute approximate surface area is 246 Å². The van der Waals surface area contributed by atoms with Gasteiger partial charge in [-0.2, -0.15) is 4.31 Å². The molecular formula is C30H44ClN3O5S. The summed E-state index contributed by atoms with van der Waals surface area (Å²) in [4.78, 5) is 17.5. The molecule has 1 amide bonds. The van der Waals surface area contributed by atoms with E-state index in [1.165, 1.54) is 5.56 Å². The van der Waals surface area contributed by atoms with Gasteiger partial charge in [0, 0.05) is 31.2 Å². The van der Waals surface area contributed by atoms with E-state index in [0.29, 0.717) is 47.8 Å². The van der Waals surface area contributed by atoms with Gasteiger partial charge >= 0.3 is 0 Å². The monoisotopic (exact) mass is 593 g/mol. The minimum absolute atomic E-state index is 0. The molecule has 0 aliphatic carbocycles. The second kappa shape index (κ2) is 13.7. The Kier molecular flexibility index (Phi) is 11.0. The molecule has 0 radical (unpaired) electrons. The predicted molar refractivity (Wildman–Crippen MR) is 160 cm³/mol. The summed E-state index contributed by atoms with van der Waals surface area (Å²) in [7, 11) is 2.07. The summed E-state index contributed by atoms with van der Waals surface area (Å²) in [6.07, 6.45) is 4.17. The van der Waals surface area contributed by atoms with Crippen molar-refractivity contribution in [1.82, 2.24) is 14.1 Å². The summed E-state index contributed by atoms with van der Waals surface area (Å²) >= 11 is 0. The molecule has 2 saturated heterocycles. The molecule has 10 heteroatoms. The summed E-state index contributed by atoms with van der Waals surface area (Å²) in [5, 5.41) is 0. The second-order valence-electron chi connectivity index (χ2n) is 11.0. The lowest BCUT2D eigenvalue weighted by Crippen LogP contribution is -2.52. The van der Waals surface area contributed by atoms with E-state index in [1.807, 2.05) is 11.0 Å². The first kappa shape index (κ1) is 32.3. The molecule has 8 nitrogen and oxygen atoms in total. The van der Waals surface area contributed by atoms with E-state index in [-0.39, 0.29) is 43.1 Å². The van der Waals surface area contributed by atoms with Gasteiger partial charge in [0.2, 0.25) is 15.9 Å². The van der Waals surface area contributed by atoms with Crippen LogP contribution in [0.1, 0.15) is 48.8 Å². The van der Waals surface area contributed by atoms with Gasteiger partial charge in [0.25, 0.3) is 0 Å². The lowest BCUT2D eigenvalue weighted by molar-refractivity contribution is -0.139. The number of halogens is 1. The number of aryl methyl sites for hydroxylation is 2. The SMILES string of the molecule is COc1cc(C)c(S(=O)(=O)N2CCCCC2COCC(=O)N2CCC(c3ccccc3)(N(C)C)CC2)c(C)c1.Cl. The van der Waals surface area contributed by atoms with Crippen molar-refractivity contribution in [2.45, 2.75) is 62.4 Å². The van der Waals surface area contributed by atoms with Crippen LogP contribution in [-0.4, -0.2) is 88.5 Å². The number of carbonyl (C=O) groups excluding carboxylic acids is 1. The fourth-order valence-corrected chi connectivity index (χ4v) is 8.35. The minimum atomic E-state index is -3.72. The third-order valence-electron chi connectivity index (χ3n) is 8.46. The first-order chi connectivity index (χ1) is 18.6. The quantitative estimate of drug-likeness (QED) is 0.430. The third-order valence-corrected chi connectivity index (χ3v) is 10.7. The lowest BCUT2D eigenvalue weighted by Gasteiger charge is -2.46. The largest absolute Gasteiger partial charge is 0.497 e. The van der Waals surface area contributed by atoms with Gasteiger partial charge in [-0.3, -0.25) is 9.69 Å². The van der Waals surface area contributed by atoms with E-state index in [1.54, 1.807) is 37.4 Å². The maximum absolute atomic E-state index is 13.8. The van der Waals surface area contributed by atoms with Crippen LogP contribution in [0.4, 0.5) is 0 Å². The van der Waals surface area contributed by atoms with Crippen molar-refractivity contribution in [1.29, 1.82) is 0 Å². The molecule has 1 atom stereocenters. The van der Waals surface area contributed by atoms with Gasteiger partial charge < -0.3 is 14.4 Å². The molecule has 222 valence electrons. The Hall–Kier alpha value is -2.17. The van der Waals surface area contributed by atoms with Gasteiger partial charge in [-0.15, -0.1) is 12.4 Å². The van der Waals surface area contributed by atoms with Gasteiger partial charge in [-0.1, -0.05) is 36.8 Å². The number of piperidine rings is 2. The highest BCUT2D eigenvalue weighted by molar-refractivity contribution is 7.89. The van der Waals surface area contributed by atoms with E-state index in [2.05, 4.69) is 43.3 Å².